The van der Waals surface area contributed by atoms with Crippen LogP contribution < -0.4 is 9.46 Å². The minimum Gasteiger partial charge on any atom is -0.494 e. The molecule has 10 heteroatoms. The first-order chi connectivity index (χ1) is 17.6. The summed E-state index contributed by atoms with van der Waals surface area (Å²) in [6.07, 6.45) is 2.30. The number of anilines is 1. The van der Waals surface area contributed by atoms with Gasteiger partial charge in [0.25, 0.3) is 15.9 Å². The number of rotatable bonds is 7. The monoisotopic (exact) mass is 546 g/mol. The van der Waals surface area contributed by atoms with Gasteiger partial charge in [0.2, 0.25) is 0 Å². The molecule has 1 heterocycles. The van der Waals surface area contributed by atoms with E-state index in [1.54, 1.807) is 49.4 Å². The molecule has 6 nitrogen and oxygen atoms in total. The van der Waals surface area contributed by atoms with E-state index >= 15 is 0 Å². The molecule has 194 valence electrons. The van der Waals surface area contributed by atoms with Gasteiger partial charge in [-0.05, 0) is 43.2 Å². The van der Waals surface area contributed by atoms with Gasteiger partial charge in [-0.2, -0.15) is 0 Å². The van der Waals surface area contributed by atoms with Crippen LogP contribution in [-0.4, -0.2) is 45.6 Å². The van der Waals surface area contributed by atoms with E-state index in [4.69, 9.17) is 16.3 Å². The molecule has 0 saturated carbocycles. The molecule has 1 aliphatic heterocycles. The van der Waals surface area contributed by atoms with E-state index in [0.717, 1.165) is 6.07 Å². The molecule has 0 spiro atoms. The number of nitrogens with zero attached hydrogens (tertiary/aromatic N) is 1. The number of carbonyl (C=O) groups is 1. The number of alkyl halides is 1. The molecule has 1 amide bonds. The van der Waals surface area contributed by atoms with E-state index in [-0.39, 0.29) is 52.0 Å². The number of methoxy groups -OCH3 is 1. The topological polar surface area (TPSA) is 75.7 Å². The van der Waals surface area contributed by atoms with Crippen molar-refractivity contribution in [2.75, 3.05) is 24.9 Å². The number of nitrogens with one attached hydrogen (secondary N) is 1. The van der Waals surface area contributed by atoms with Gasteiger partial charge in [-0.25, -0.2) is 17.2 Å². The van der Waals surface area contributed by atoms with Gasteiger partial charge >= 0.3 is 0 Å². The number of benzene rings is 3. The lowest BCUT2D eigenvalue weighted by atomic mass is 10.0. The normalized spacial score (nSPS) is 15.8. The molecular formula is C27H25ClF2N2O4S. The molecule has 3 aromatic carbocycles. The van der Waals surface area contributed by atoms with Gasteiger partial charge in [-0.15, -0.1) is 0 Å². The average Bonchev–Trinajstić information content (AvgIpc) is 3.31. The number of carbonyl (C=O) groups excluding carboxylic acids is 1. The van der Waals surface area contributed by atoms with Crippen molar-refractivity contribution in [3.8, 4) is 16.9 Å². The van der Waals surface area contributed by atoms with Crippen molar-refractivity contribution in [2.45, 2.75) is 24.4 Å². The van der Waals surface area contributed by atoms with E-state index < -0.39 is 27.9 Å². The summed E-state index contributed by atoms with van der Waals surface area (Å²) in [6.45, 7) is 1.86. The highest BCUT2D eigenvalue weighted by Crippen LogP contribution is 2.37. The third-order valence-corrected chi connectivity index (χ3v) is 7.63. The molecule has 0 aromatic heterocycles. The zero-order valence-electron chi connectivity index (χ0n) is 20.2. The Morgan fingerprint density at radius 1 is 1.19 bits per heavy atom. The van der Waals surface area contributed by atoms with Crippen molar-refractivity contribution in [3.63, 3.8) is 0 Å². The number of halogens is 3. The highest BCUT2D eigenvalue weighted by atomic mass is 35.5. The van der Waals surface area contributed by atoms with Crippen LogP contribution in [0.3, 0.4) is 0 Å². The Labute approximate surface area is 219 Å². The van der Waals surface area contributed by atoms with E-state index in [1.807, 2.05) is 0 Å². The number of amides is 1. The zero-order valence-corrected chi connectivity index (χ0v) is 21.7. The SMILES string of the molecule is C/C=C/c1cc(F)c(-c2ccccc2)cc1NS(=O)(=O)c1cc(C(=O)N2CC[C@H](F)C2)cc(Cl)c1OC. The first-order valence-corrected chi connectivity index (χ1v) is 13.4. The lowest BCUT2D eigenvalue weighted by molar-refractivity contribution is 0.0782. The molecule has 3 aromatic rings. The molecule has 1 saturated heterocycles. The van der Waals surface area contributed by atoms with E-state index in [2.05, 4.69) is 4.72 Å². The fourth-order valence-corrected chi connectivity index (χ4v) is 5.86. The van der Waals surface area contributed by atoms with Gasteiger partial charge in [-0.1, -0.05) is 54.1 Å². The number of likely N-dealkylation sites (tertiary alicyclic amines) is 1. The number of sulfonamides is 1. The Hall–Kier alpha value is -3.43. The van der Waals surface area contributed by atoms with Gasteiger partial charge < -0.3 is 9.64 Å². The Balaban J connectivity index is 1.79. The summed E-state index contributed by atoms with van der Waals surface area (Å²) in [5.41, 5.74) is 1.17. The summed E-state index contributed by atoms with van der Waals surface area (Å²) in [5, 5.41) is -0.0949. The summed E-state index contributed by atoms with van der Waals surface area (Å²) in [7, 11) is -3.13. The smallest absolute Gasteiger partial charge is 0.265 e. The van der Waals surface area contributed by atoms with E-state index in [9.17, 15) is 22.0 Å². The summed E-state index contributed by atoms with van der Waals surface area (Å²) < 4.78 is 63.6. The first kappa shape index (κ1) is 26.6. The van der Waals surface area contributed by atoms with Crippen molar-refractivity contribution < 1.29 is 26.7 Å². The molecule has 0 radical (unpaired) electrons. The Morgan fingerprint density at radius 2 is 1.92 bits per heavy atom. The lowest BCUT2D eigenvalue weighted by Gasteiger charge is -2.19. The van der Waals surface area contributed by atoms with Gasteiger partial charge in [0.15, 0.2) is 5.75 Å². The van der Waals surface area contributed by atoms with Crippen LogP contribution in [0, 0.1) is 5.82 Å². The predicted octanol–water partition coefficient (Wildman–Crippen LogP) is 6.17. The van der Waals surface area contributed by atoms with Gasteiger partial charge in [0, 0.05) is 23.2 Å². The molecule has 0 unspecified atom stereocenters. The Morgan fingerprint density at radius 3 is 2.54 bits per heavy atom. The molecule has 1 N–H and O–H groups in total. The van der Waals surface area contributed by atoms with Crippen molar-refractivity contribution in [2.24, 2.45) is 0 Å². The number of ether oxygens (including phenoxy) is 1. The largest absolute Gasteiger partial charge is 0.494 e. The van der Waals surface area contributed by atoms with Crippen LogP contribution in [0.2, 0.25) is 5.02 Å². The van der Waals surface area contributed by atoms with Crippen LogP contribution >= 0.6 is 11.6 Å². The van der Waals surface area contributed by atoms with Crippen molar-refractivity contribution >= 4 is 39.3 Å². The second-order valence-electron chi connectivity index (χ2n) is 8.52. The maximum atomic E-state index is 15.0. The molecule has 4 rings (SSSR count). The van der Waals surface area contributed by atoms with Crippen LogP contribution in [-0.2, 0) is 10.0 Å². The first-order valence-electron chi connectivity index (χ1n) is 11.5. The molecule has 1 aliphatic rings. The fourth-order valence-electron chi connectivity index (χ4n) is 4.21. The predicted molar refractivity (Wildman–Crippen MR) is 141 cm³/mol. The lowest BCUT2D eigenvalue weighted by Crippen LogP contribution is -2.29. The second kappa shape index (κ2) is 10.9. The Kier molecular flexibility index (Phi) is 7.85. The summed E-state index contributed by atoms with van der Waals surface area (Å²) in [5.74, 6) is -1.22. The summed E-state index contributed by atoms with van der Waals surface area (Å²) >= 11 is 6.31. The maximum absolute atomic E-state index is 15.0. The van der Waals surface area contributed by atoms with Crippen LogP contribution in [0.5, 0.6) is 5.75 Å². The molecule has 1 atom stereocenters. The quantitative estimate of drug-likeness (QED) is 0.384. The van der Waals surface area contributed by atoms with Crippen molar-refractivity contribution in [1.29, 1.82) is 0 Å². The highest BCUT2D eigenvalue weighted by Gasteiger charge is 2.30. The van der Waals surface area contributed by atoms with Crippen LogP contribution in [0.4, 0.5) is 14.5 Å². The number of hydrogen-bond donors (Lipinski definition) is 1. The van der Waals surface area contributed by atoms with Crippen molar-refractivity contribution in [3.05, 3.63) is 82.6 Å². The minimum atomic E-state index is -4.38. The van der Waals surface area contributed by atoms with E-state index in [0.29, 0.717) is 11.1 Å². The maximum Gasteiger partial charge on any atom is 0.265 e. The minimum absolute atomic E-state index is 0.0157. The van der Waals surface area contributed by atoms with Crippen molar-refractivity contribution in [1.82, 2.24) is 4.90 Å². The fraction of sp³-hybridized carbons (Fsp3) is 0.222. The van der Waals surface area contributed by atoms with Crippen LogP contribution in [0.25, 0.3) is 17.2 Å². The summed E-state index contributed by atoms with van der Waals surface area (Å²) in [6, 6.07) is 13.8. The number of allylic oxidation sites excluding steroid dienone is 1. The second-order valence-corrected chi connectivity index (χ2v) is 10.6. The van der Waals surface area contributed by atoms with Gasteiger partial charge in [-0.3, -0.25) is 9.52 Å². The van der Waals surface area contributed by atoms with Crippen LogP contribution in [0.15, 0.2) is 65.6 Å². The average molecular weight is 547 g/mol. The van der Waals surface area contributed by atoms with Crippen LogP contribution in [0.1, 0.15) is 29.3 Å². The summed E-state index contributed by atoms with van der Waals surface area (Å²) in [4.78, 5) is 13.9. The molecule has 0 aliphatic carbocycles. The molecule has 0 bridgehead atoms. The Bertz CT molecular complexity index is 1460. The van der Waals surface area contributed by atoms with E-state index in [1.165, 1.54) is 30.2 Å². The van der Waals surface area contributed by atoms with Gasteiger partial charge in [0.1, 0.15) is 16.9 Å². The molecule has 1 fully saturated rings. The molecular weight excluding hydrogens is 522 g/mol. The zero-order chi connectivity index (χ0) is 26.7. The standard InChI is InChI=1S/C27H25ClF2N2O4S/c1-3-7-18-13-23(30)21(17-8-5-4-6-9-17)15-24(18)31-37(34,35)25-14-19(12-22(28)26(25)36-2)27(33)32-11-10-20(29)16-32/h3-9,12-15,20,31H,10-11,16H2,1-2H3/b7-3+/t20-/m0/s1. The highest BCUT2D eigenvalue weighted by molar-refractivity contribution is 7.92. The number of hydrogen-bond acceptors (Lipinski definition) is 4. The van der Waals surface area contributed by atoms with Gasteiger partial charge in [0.05, 0.1) is 24.4 Å². The third kappa shape index (κ3) is 5.62. The third-order valence-electron chi connectivity index (χ3n) is 5.98. The molecule has 37 heavy (non-hydrogen) atoms.